The first-order valence-corrected chi connectivity index (χ1v) is 21.1. The molecule has 12 heteroatoms. The van der Waals surface area contributed by atoms with Crippen molar-refractivity contribution in [3.63, 3.8) is 0 Å². The van der Waals surface area contributed by atoms with Crippen LogP contribution in [0.3, 0.4) is 0 Å². The lowest BCUT2D eigenvalue weighted by Crippen LogP contribution is -2.64. The summed E-state index contributed by atoms with van der Waals surface area (Å²) in [7, 11) is 3.08. The highest BCUT2D eigenvalue weighted by molar-refractivity contribution is 7.99. The predicted octanol–water partition coefficient (Wildman–Crippen LogP) is 5.61. The molecule has 3 fully saturated rings. The zero-order valence-corrected chi connectivity index (χ0v) is 34.3. The number of nitrogens with zero attached hydrogens (tertiary/aromatic N) is 1. The number of aliphatic hydroxyl groups is 2. The monoisotopic (exact) mass is 775 g/mol. The fourth-order valence-corrected chi connectivity index (χ4v) is 9.92. The second-order valence-corrected chi connectivity index (χ2v) is 17.5. The minimum absolute atomic E-state index is 0.0216. The van der Waals surface area contributed by atoms with Gasteiger partial charge in [-0.15, -0.1) is 6.58 Å². The van der Waals surface area contributed by atoms with Crippen LogP contribution in [0, 0.1) is 29.6 Å². The molecule has 4 heterocycles. The molecule has 0 aromatic rings. The standard InChI is InChI=1S/C42H65NO10S/c1-9-12-31-20-25(2)19-26(3)21-35(50-7)38-36(51-8)23-28(5)42(49,53-38)39(46)40(47)43-16-11-10-13-32(43)41(48)52-37(29(6)33(44)24-34(31)45)27(4)22-30-14-17-54-18-15-30/h9,20,22,25-26,28-30,32-33,35-38,44,49H,1,10-19,21,23-24H2,2-8H3/b27-22?,31-20+. The van der Waals surface area contributed by atoms with Crippen molar-refractivity contribution in [2.75, 3.05) is 32.3 Å². The normalized spacial score (nSPS) is 38.8. The molecule has 0 aliphatic carbocycles. The van der Waals surface area contributed by atoms with Crippen LogP contribution in [0.25, 0.3) is 0 Å². The van der Waals surface area contributed by atoms with Gasteiger partial charge in [0.05, 0.1) is 18.3 Å². The minimum atomic E-state index is -2.48. The number of carbonyl (C=O) groups excluding carboxylic acids is 4. The molecule has 0 aromatic carbocycles. The van der Waals surface area contributed by atoms with Crippen molar-refractivity contribution in [2.45, 2.75) is 141 Å². The van der Waals surface area contributed by atoms with Gasteiger partial charge in [0, 0.05) is 39.0 Å². The van der Waals surface area contributed by atoms with E-state index >= 15 is 0 Å². The highest BCUT2D eigenvalue weighted by Crippen LogP contribution is 2.39. The second-order valence-electron chi connectivity index (χ2n) is 16.3. The van der Waals surface area contributed by atoms with Crippen molar-refractivity contribution in [3.8, 4) is 0 Å². The number of aliphatic hydroxyl groups excluding tert-OH is 1. The molecule has 2 N–H and O–H groups in total. The lowest BCUT2D eigenvalue weighted by Gasteiger charge is -2.47. The van der Waals surface area contributed by atoms with Crippen LogP contribution >= 0.6 is 11.8 Å². The zero-order chi connectivity index (χ0) is 39.7. The van der Waals surface area contributed by atoms with Crippen LogP contribution in [0.1, 0.15) is 98.8 Å². The predicted molar refractivity (Wildman–Crippen MR) is 208 cm³/mol. The Labute approximate surface area is 326 Å². The lowest BCUT2D eigenvalue weighted by molar-refractivity contribution is -0.302. The third-order valence-corrected chi connectivity index (χ3v) is 13.1. The van der Waals surface area contributed by atoms with Crippen LogP contribution in [0.2, 0.25) is 0 Å². The topological polar surface area (TPSA) is 149 Å². The van der Waals surface area contributed by atoms with E-state index in [2.05, 4.69) is 19.6 Å². The van der Waals surface area contributed by atoms with E-state index in [0.29, 0.717) is 37.7 Å². The van der Waals surface area contributed by atoms with Gasteiger partial charge < -0.3 is 34.1 Å². The number of Topliss-reactive ketones (excluding diaryl/α,β-unsaturated/α-hetero) is 2. The van der Waals surface area contributed by atoms with Gasteiger partial charge in [-0.25, -0.2) is 4.79 Å². The second kappa shape index (κ2) is 20.2. The van der Waals surface area contributed by atoms with E-state index in [0.717, 1.165) is 29.9 Å². The summed E-state index contributed by atoms with van der Waals surface area (Å²) in [6.07, 6.45) is 6.77. The minimum Gasteiger partial charge on any atom is -0.456 e. The Morgan fingerprint density at radius 2 is 1.69 bits per heavy atom. The zero-order valence-electron chi connectivity index (χ0n) is 33.5. The van der Waals surface area contributed by atoms with Gasteiger partial charge in [0.25, 0.3) is 11.7 Å². The maximum absolute atomic E-state index is 14.2. The number of esters is 1. The summed E-state index contributed by atoms with van der Waals surface area (Å²) in [4.78, 5) is 57.6. The van der Waals surface area contributed by atoms with Crippen molar-refractivity contribution in [1.82, 2.24) is 4.90 Å². The average Bonchev–Trinajstić information content (AvgIpc) is 3.15. The van der Waals surface area contributed by atoms with Gasteiger partial charge in [-0.05, 0) is 105 Å². The van der Waals surface area contributed by atoms with Crippen LogP contribution in [0.4, 0.5) is 0 Å². The number of allylic oxidation sites excluding steroid dienone is 4. The Morgan fingerprint density at radius 1 is 1.02 bits per heavy atom. The molecule has 0 radical (unpaired) electrons. The van der Waals surface area contributed by atoms with E-state index in [4.69, 9.17) is 18.9 Å². The molecule has 0 saturated carbocycles. The molecule has 4 rings (SSSR count). The van der Waals surface area contributed by atoms with Gasteiger partial charge in [-0.2, -0.15) is 11.8 Å². The number of cyclic esters (lactones) is 1. The Kier molecular flexibility index (Phi) is 16.6. The number of fused-ring (bicyclic) bond motifs is 3. The van der Waals surface area contributed by atoms with Crippen LogP contribution in [-0.4, -0.2) is 113 Å². The first-order chi connectivity index (χ1) is 25.6. The Morgan fingerprint density at radius 3 is 2.33 bits per heavy atom. The largest absolute Gasteiger partial charge is 0.456 e. The maximum Gasteiger partial charge on any atom is 0.329 e. The summed E-state index contributed by atoms with van der Waals surface area (Å²) in [6, 6.07) is -1.09. The molecular weight excluding hydrogens is 711 g/mol. The van der Waals surface area contributed by atoms with E-state index in [1.165, 1.54) is 12.0 Å². The van der Waals surface area contributed by atoms with E-state index in [1.807, 2.05) is 31.7 Å². The third-order valence-electron chi connectivity index (χ3n) is 12.0. The van der Waals surface area contributed by atoms with Crippen LogP contribution in [-0.2, 0) is 38.1 Å². The summed E-state index contributed by atoms with van der Waals surface area (Å²) < 4.78 is 24.2. The number of hydrogen-bond donors (Lipinski definition) is 2. The first-order valence-electron chi connectivity index (χ1n) is 20.0. The number of carbonyl (C=O) groups is 4. The van der Waals surface area contributed by atoms with Gasteiger partial charge in [-0.1, -0.05) is 45.9 Å². The van der Waals surface area contributed by atoms with E-state index in [9.17, 15) is 29.4 Å². The van der Waals surface area contributed by atoms with Gasteiger partial charge in [0.1, 0.15) is 18.2 Å². The molecule has 54 heavy (non-hydrogen) atoms. The van der Waals surface area contributed by atoms with Gasteiger partial charge in [0.15, 0.2) is 5.78 Å². The number of piperidine rings is 1. The first kappa shape index (κ1) is 44.4. The summed E-state index contributed by atoms with van der Waals surface area (Å²) in [5.41, 5.74) is 1.34. The molecular formula is C42H65NO10S. The van der Waals surface area contributed by atoms with Crippen molar-refractivity contribution >= 4 is 35.2 Å². The summed E-state index contributed by atoms with van der Waals surface area (Å²) in [5, 5.41) is 23.6. The average molecular weight is 776 g/mol. The van der Waals surface area contributed by atoms with Crippen molar-refractivity contribution < 1.29 is 48.3 Å². The third kappa shape index (κ3) is 10.7. The smallest absolute Gasteiger partial charge is 0.329 e. The van der Waals surface area contributed by atoms with Crippen LogP contribution < -0.4 is 0 Å². The molecule has 3 saturated heterocycles. The molecule has 2 bridgehead atoms. The van der Waals surface area contributed by atoms with Crippen molar-refractivity contribution in [3.05, 3.63) is 36.0 Å². The fraction of sp³-hybridized carbons (Fsp3) is 0.762. The number of thioether (sulfide) groups is 1. The molecule has 0 spiro atoms. The summed E-state index contributed by atoms with van der Waals surface area (Å²) >= 11 is 1.91. The molecule has 11 atom stereocenters. The number of methoxy groups -OCH3 is 2. The van der Waals surface area contributed by atoms with E-state index < -0.39 is 71.8 Å². The molecule has 4 aliphatic rings. The highest BCUT2D eigenvalue weighted by atomic mass is 32.2. The quantitative estimate of drug-likeness (QED) is 0.197. The summed E-state index contributed by atoms with van der Waals surface area (Å²) in [6.45, 7) is 13.4. The number of ketones is 2. The van der Waals surface area contributed by atoms with Gasteiger partial charge >= 0.3 is 5.97 Å². The number of hydrogen-bond acceptors (Lipinski definition) is 11. The molecule has 1 amide bonds. The number of rotatable bonds is 6. The van der Waals surface area contributed by atoms with Gasteiger partial charge in [-0.3, -0.25) is 14.4 Å². The summed E-state index contributed by atoms with van der Waals surface area (Å²) in [5.74, 6) is -4.59. The van der Waals surface area contributed by atoms with Crippen LogP contribution in [0.15, 0.2) is 36.0 Å². The maximum atomic E-state index is 14.2. The SMILES string of the molecule is C=CC/C1=C\C(C)CC(C)CC(OC)C2OC(O)(C(=O)C(=O)N3CCCCC3C(=O)OC(C(C)=CC3CCSCC3)C(C)C(O)CC1=O)C(C)CC2OC. The molecule has 0 aromatic heterocycles. The molecule has 11 unspecified atom stereocenters. The molecule has 304 valence electrons. The fourth-order valence-electron chi connectivity index (χ4n) is 8.78. The Hall–Kier alpha value is -2.35. The lowest BCUT2D eigenvalue weighted by atomic mass is 9.81. The Balaban J connectivity index is 1.77. The van der Waals surface area contributed by atoms with Crippen molar-refractivity contribution in [2.24, 2.45) is 29.6 Å². The van der Waals surface area contributed by atoms with Crippen LogP contribution in [0.5, 0.6) is 0 Å². The number of ether oxygens (including phenoxy) is 4. The Bertz CT molecular complexity index is 1390. The van der Waals surface area contributed by atoms with Gasteiger partial charge in [0.2, 0.25) is 5.79 Å². The highest BCUT2D eigenvalue weighted by Gasteiger charge is 2.56. The molecule has 4 aliphatic heterocycles. The molecule has 11 nitrogen and oxygen atoms in total. The van der Waals surface area contributed by atoms with Crippen molar-refractivity contribution in [1.29, 1.82) is 0 Å². The van der Waals surface area contributed by atoms with E-state index in [1.54, 1.807) is 27.0 Å². The number of amides is 1. The van der Waals surface area contributed by atoms with E-state index in [-0.39, 0.29) is 49.3 Å².